The standard InChI is InChI=1S/C16H20N2O/c1-5-7-15-12(3)17-18(13(15)4)16(19)14-9-6-8-11(2)10-14/h6,8-10H,5,7H2,1-4H3. The Bertz CT molecular complexity index is 611. The molecule has 0 aliphatic rings. The monoisotopic (exact) mass is 256 g/mol. The van der Waals surface area contributed by atoms with E-state index < -0.39 is 0 Å². The van der Waals surface area contributed by atoms with E-state index in [1.807, 2.05) is 45.0 Å². The van der Waals surface area contributed by atoms with Crippen molar-refractivity contribution in [1.82, 2.24) is 9.78 Å². The highest BCUT2D eigenvalue weighted by Crippen LogP contribution is 2.17. The molecule has 0 saturated heterocycles. The number of hydrogen-bond donors (Lipinski definition) is 0. The summed E-state index contributed by atoms with van der Waals surface area (Å²) in [6.07, 6.45) is 2.03. The van der Waals surface area contributed by atoms with E-state index in [1.165, 1.54) is 10.2 Å². The van der Waals surface area contributed by atoms with Gasteiger partial charge in [0.1, 0.15) is 0 Å². The van der Waals surface area contributed by atoms with E-state index >= 15 is 0 Å². The molecule has 19 heavy (non-hydrogen) atoms. The second kappa shape index (κ2) is 5.39. The summed E-state index contributed by atoms with van der Waals surface area (Å²) in [4.78, 5) is 12.5. The van der Waals surface area contributed by atoms with Crippen LogP contribution in [0.15, 0.2) is 24.3 Å². The molecule has 1 aromatic heterocycles. The number of carbonyl (C=O) groups is 1. The van der Waals surface area contributed by atoms with E-state index in [1.54, 1.807) is 0 Å². The number of benzene rings is 1. The highest BCUT2D eigenvalue weighted by atomic mass is 16.2. The average Bonchev–Trinajstić information content (AvgIpc) is 2.66. The number of nitrogens with zero attached hydrogens (tertiary/aromatic N) is 2. The van der Waals surface area contributed by atoms with Crippen LogP contribution in [0.1, 0.15) is 46.2 Å². The van der Waals surface area contributed by atoms with Crippen LogP contribution in [-0.2, 0) is 6.42 Å². The van der Waals surface area contributed by atoms with E-state index in [2.05, 4.69) is 12.0 Å². The van der Waals surface area contributed by atoms with Crippen molar-refractivity contribution in [1.29, 1.82) is 0 Å². The Balaban J connectivity index is 2.42. The minimum absolute atomic E-state index is 0.0494. The third-order valence-corrected chi connectivity index (χ3v) is 3.40. The lowest BCUT2D eigenvalue weighted by Crippen LogP contribution is -2.15. The summed E-state index contributed by atoms with van der Waals surface area (Å²) >= 11 is 0. The second-order valence-corrected chi connectivity index (χ2v) is 4.99. The first-order valence-electron chi connectivity index (χ1n) is 6.71. The van der Waals surface area contributed by atoms with Gasteiger partial charge in [0, 0.05) is 11.3 Å². The Morgan fingerprint density at radius 2 is 2.00 bits per heavy atom. The van der Waals surface area contributed by atoms with Crippen LogP contribution in [0.5, 0.6) is 0 Å². The van der Waals surface area contributed by atoms with Crippen molar-refractivity contribution in [3.8, 4) is 0 Å². The maximum Gasteiger partial charge on any atom is 0.278 e. The SMILES string of the molecule is CCCc1c(C)nn(C(=O)c2cccc(C)c2)c1C. The van der Waals surface area contributed by atoms with Crippen molar-refractivity contribution in [2.75, 3.05) is 0 Å². The minimum Gasteiger partial charge on any atom is -0.267 e. The van der Waals surface area contributed by atoms with Gasteiger partial charge in [-0.05, 0) is 44.9 Å². The zero-order chi connectivity index (χ0) is 14.0. The maximum absolute atomic E-state index is 12.5. The Hall–Kier alpha value is -1.90. The molecule has 0 bridgehead atoms. The number of aromatic nitrogens is 2. The minimum atomic E-state index is -0.0494. The molecule has 0 amide bonds. The molecule has 3 heteroatoms. The van der Waals surface area contributed by atoms with Gasteiger partial charge in [-0.25, -0.2) is 4.68 Å². The normalized spacial score (nSPS) is 10.7. The quantitative estimate of drug-likeness (QED) is 0.843. The van der Waals surface area contributed by atoms with Crippen LogP contribution in [0.25, 0.3) is 0 Å². The van der Waals surface area contributed by atoms with Gasteiger partial charge in [-0.1, -0.05) is 31.0 Å². The summed E-state index contributed by atoms with van der Waals surface area (Å²) in [6.45, 7) is 8.07. The largest absolute Gasteiger partial charge is 0.278 e. The first-order valence-corrected chi connectivity index (χ1v) is 6.71. The van der Waals surface area contributed by atoms with Gasteiger partial charge in [0.25, 0.3) is 5.91 Å². The Labute approximate surface area is 114 Å². The molecule has 0 N–H and O–H groups in total. The van der Waals surface area contributed by atoms with Crippen molar-refractivity contribution in [2.24, 2.45) is 0 Å². The Morgan fingerprint density at radius 1 is 1.26 bits per heavy atom. The molecule has 3 nitrogen and oxygen atoms in total. The molecular formula is C16H20N2O. The van der Waals surface area contributed by atoms with Crippen molar-refractivity contribution >= 4 is 5.91 Å². The predicted octanol–water partition coefficient (Wildman–Crippen LogP) is 3.45. The summed E-state index contributed by atoms with van der Waals surface area (Å²) in [5.74, 6) is -0.0494. The molecule has 2 aromatic rings. The first-order chi connectivity index (χ1) is 9.04. The van der Waals surface area contributed by atoms with Crippen LogP contribution in [0, 0.1) is 20.8 Å². The molecule has 100 valence electrons. The first kappa shape index (κ1) is 13.5. The third-order valence-electron chi connectivity index (χ3n) is 3.40. The zero-order valence-corrected chi connectivity index (χ0v) is 12.0. The molecule has 0 unspecified atom stereocenters. The Kier molecular flexibility index (Phi) is 3.84. The average molecular weight is 256 g/mol. The van der Waals surface area contributed by atoms with Gasteiger partial charge in [-0.3, -0.25) is 4.79 Å². The highest BCUT2D eigenvalue weighted by Gasteiger charge is 2.17. The predicted molar refractivity (Wildman–Crippen MR) is 76.6 cm³/mol. The zero-order valence-electron chi connectivity index (χ0n) is 12.0. The highest BCUT2D eigenvalue weighted by molar-refractivity contribution is 5.96. The van der Waals surface area contributed by atoms with Crippen LogP contribution in [0.4, 0.5) is 0 Å². The lowest BCUT2D eigenvalue weighted by molar-refractivity contribution is 0.0942. The van der Waals surface area contributed by atoms with E-state index in [9.17, 15) is 4.79 Å². The Morgan fingerprint density at radius 3 is 2.63 bits per heavy atom. The van der Waals surface area contributed by atoms with E-state index in [0.29, 0.717) is 5.56 Å². The van der Waals surface area contributed by atoms with Gasteiger partial charge < -0.3 is 0 Å². The van der Waals surface area contributed by atoms with Crippen molar-refractivity contribution in [2.45, 2.75) is 40.5 Å². The lowest BCUT2D eigenvalue weighted by atomic mass is 10.1. The molecule has 0 fully saturated rings. The molecule has 0 spiro atoms. The van der Waals surface area contributed by atoms with E-state index in [0.717, 1.165) is 29.8 Å². The van der Waals surface area contributed by atoms with Crippen LogP contribution in [0.3, 0.4) is 0 Å². The van der Waals surface area contributed by atoms with Crippen LogP contribution in [0.2, 0.25) is 0 Å². The molecule has 0 radical (unpaired) electrons. The molecular weight excluding hydrogens is 236 g/mol. The smallest absolute Gasteiger partial charge is 0.267 e. The summed E-state index contributed by atoms with van der Waals surface area (Å²) < 4.78 is 1.54. The van der Waals surface area contributed by atoms with Gasteiger partial charge >= 0.3 is 0 Å². The molecule has 0 saturated carbocycles. The van der Waals surface area contributed by atoms with Gasteiger partial charge in [0.15, 0.2) is 0 Å². The lowest BCUT2D eigenvalue weighted by Gasteiger charge is -2.05. The summed E-state index contributed by atoms with van der Waals surface area (Å²) in [7, 11) is 0. The molecule has 0 atom stereocenters. The molecule has 0 aliphatic carbocycles. The van der Waals surface area contributed by atoms with Crippen LogP contribution in [-0.4, -0.2) is 15.7 Å². The van der Waals surface area contributed by atoms with E-state index in [4.69, 9.17) is 0 Å². The fourth-order valence-electron chi connectivity index (χ4n) is 2.38. The number of aryl methyl sites for hydroxylation is 2. The molecule has 2 rings (SSSR count). The number of rotatable bonds is 3. The summed E-state index contributed by atoms with van der Waals surface area (Å²) in [6, 6.07) is 7.63. The van der Waals surface area contributed by atoms with Gasteiger partial charge in [-0.15, -0.1) is 0 Å². The fraction of sp³-hybridized carbons (Fsp3) is 0.375. The van der Waals surface area contributed by atoms with Crippen LogP contribution < -0.4 is 0 Å². The van der Waals surface area contributed by atoms with Crippen LogP contribution >= 0.6 is 0 Å². The fourth-order valence-corrected chi connectivity index (χ4v) is 2.38. The van der Waals surface area contributed by atoms with E-state index in [-0.39, 0.29) is 5.91 Å². The molecule has 1 aromatic carbocycles. The number of hydrogen-bond acceptors (Lipinski definition) is 2. The van der Waals surface area contributed by atoms with Gasteiger partial charge in [0.2, 0.25) is 0 Å². The van der Waals surface area contributed by atoms with Crippen molar-refractivity contribution in [3.05, 3.63) is 52.3 Å². The number of carbonyl (C=O) groups excluding carboxylic acids is 1. The van der Waals surface area contributed by atoms with Crippen molar-refractivity contribution < 1.29 is 4.79 Å². The molecule has 1 heterocycles. The van der Waals surface area contributed by atoms with Gasteiger partial charge in [-0.2, -0.15) is 5.10 Å². The summed E-state index contributed by atoms with van der Waals surface area (Å²) in [5, 5.41) is 4.40. The van der Waals surface area contributed by atoms with Crippen molar-refractivity contribution in [3.63, 3.8) is 0 Å². The second-order valence-electron chi connectivity index (χ2n) is 4.99. The maximum atomic E-state index is 12.5. The third kappa shape index (κ3) is 2.60. The van der Waals surface area contributed by atoms with Gasteiger partial charge in [0.05, 0.1) is 5.69 Å². The molecule has 0 aliphatic heterocycles. The summed E-state index contributed by atoms with van der Waals surface area (Å²) in [5.41, 5.74) is 4.89. The topological polar surface area (TPSA) is 34.9 Å².